The van der Waals surface area contributed by atoms with Crippen LogP contribution < -0.4 is 5.32 Å². The zero-order chi connectivity index (χ0) is 11.5. The first kappa shape index (κ1) is 12.3. The van der Waals surface area contributed by atoms with Gasteiger partial charge in [-0.05, 0) is 25.1 Å². The lowest BCUT2D eigenvalue weighted by atomic mass is 10.1. The highest BCUT2D eigenvalue weighted by atomic mass is 35.5. The zero-order valence-corrected chi connectivity index (χ0v) is 11.3. The molecule has 16 heavy (non-hydrogen) atoms. The van der Waals surface area contributed by atoms with E-state index in [-0.39, 0.29) is 0 Å². The molecule has 2 unspecified atom stereocenters. The van der Waals surface area contributed by atoms with Gasteiger partial charge in [-0.1, -0.05) is 18.5 Å². The number of aromatic nitrogens is 2. The first-order valence-corrected chi connectivity index (χ1v) is 7.19. The second kappa shape index (κ2) is 5.43. The molecular formula is C11H18ClN3S. The summed E-state index contributed by atoms with van der Waals surface area (Å²) < 4.78 is 1.90. The topological polar surface area (TPSA) is 29.9 Å². The largest absolute Gasteiger partial charge is 0.308 e. The number of hydrogen-bond donors (Lipinski definition) is 1. The van der Waals surface area contributed by atoms with Crippen molar-refractivity contribution < 1.29 is 0 Å². The highest BCUT2D eigenvalue weighted by Gasteiger charge is 2.29. The molecule has 5 heteroatoms. The number of nitrogens with zero attached hydrogens (tertiary/aromatic N) is 2. The predicted molar refractivity (Wildman–Crippen MR) is 70.1 cm³/mol. The minimum atomic E-state index is 0.331. The third kappa shape index (κ3) is 2.39. The summed E-state index contributed by atoms with van der Waals surface area (Å²) in [5, 5.41) is 9.18. The molecule has 0 aromatic carbocycles. The Kier molecular flexibility index (Phi) is 4.16. The van der Waals surface area contributed by atoms with Gasteiger partial charge in [-0.3, -0.25) is 4.68 Å². The van der Waals surface area contributed by atoms with Crippen LogP contribution >= 0.6 is 23.4 Å². The van der Waals surface area contributed by atoms with Crippen molar-refractivity contribution in [3.63, 3.8) is 0 Å². The molecule has 2 atom stereocenters. The van der Waals surface area contributed by atoms with Crippen molar-refractivity contribution in [2.24, 2.45) is 7.05 Å². The van der Waals surface area contributed by atoms with Crippen molar-refractivity contribution in [1.29, 1.82) is 0 Å². The standard InChI is InChI=1S/C11H18ClN3S/c1-3-13-10(9-5-4-6-16-9)11-8(12)7-14-15(11)2/h7,9-10,13H,3-6H2,1-2H3. The van der Waals surface area contributed by atoms with Crippen molar-refractivity contribution in [2.45, 2.75) is 31.1 Å². The van der Waals surface area contributed by atoms with Crippen LogP contribution in [0.2, 0.25) is 5.02 Å². The Balaban J connectivity index is 2.24. The fraction of sp³-hybridized carbons (Fsp3) is 0.727. The van der Waals surface area contributed by atoms with Gasteiger partial charge in [-0.15, -0.1) is 0 Å². The van der Waals surface area contributed by atoms with E-state index < -0.39 is 0 Å². The molecule has 1 aromatic heterocycles. The highest BCUT2D eigenvalue weighted by molar-refractivity contribution is 8.00. The summed E-state index contributed by atoms with van der Waals surface area (Å²) in [6.07, 6.45) is 4.32. The van der Waals surface area contributed by atoms with E-state index in [1.807, 2.05) is 23.5 Å². The van der Waals surface area contributed by atoms with E-state index in [4.69, 9.17) is 11.6 Å². The highest BCUT2D eigenvalue weighted by Crippen LogP contribution is 2.37. The Morgan fingerprint density at radius 2 is 2.56 bits per heavy atom. The molecule has 1 saturated heterocycles. The average molecular weight is 260 g/mol. The quantitative estimate of drug-likeness (QED) is 0.902. The molecule has 1 aromatic rings. The normalized spacial score (nSPS) is 22.6. The smallest absolute Gasteiger partial charge is 0.0834 e. The van der Waals surface area contributed by atoms with Gasteiger partial charge in [0.1, 0.15) is 0 Å². The maximum Gasteiger partial charge on any atom is 0.0834 e. The van der Waals surface area contributed by atoms with Crippen molar-refractivity contribution in [1.82, 2.24) is 15.1 Å². The molecule has 90 valence electrons. The van der Waals surface area contributed by atoms with Crippen molar-refractivity contribution >= 4 is 23.4 Å². The van der Waals surface area contributed by atoms with Crippen LogP contribution in [-0.2, 0) is 7.05 Å². The van der Waals surface area contributed by atoms with Gasteiger partial charge in [0, 0.05) is 12.3 Å². The van der Waals surface area contributed by atoms with Gasteiger partial charge in [0.05, 0.1) is 23.0 Å². The predicted octanol–water partition coefficient (Wildman–Crippen LogP) is 2.62. The first-order chi connectivity index (χ1) is 7.74. The van der Waals surface area contributed by atoms with Crippen LogP contribution in [0.25, 0.3) is 0 Å². The second-order valence-electron chi connectivity index (χ2n) is 4.09. The van der Waals surface area contributed by atoms with Gasteiger partial charge in [-0.2, -0.15) is 16.9 Å². The van der Waals surface area contributed by atoms with Gasteiger partial charge >= 0.3 is 0 Å². The lowest BCUT2D eigenvalue weighted by Crippen LogP contribution is -2.30. The Hall–Kier alpha value is -0.190. The maximum absolute atomic E-state index is 6.22. The Labute approximate surface area is 106 Å². The van der Waals surface area contributed by atoms with E-state index in [0.29, 0.717) is 11.3 Å². The van der Waals surface area contributed by atoms with Crippen LogP contribution in [-0.4, -0.2) is 27.3 Å². The van der Waals surface area contributed by atoms with Gasteiger partial charge in [0.15, 0.2) is 0 Å². The number of halogens is 1. The molecule has 0 bridgehead atoms. The fourth-order valence-electron chi connectivity index (χ4n) is 2.26. The summed E-state index contributed by atoms with van der Waals surface area (Å²) in [6.45, 7) is 3.10. The molecule has 3 nitrogen and oxygen atoms in total. The van der Waals surface area contributed by atoms with Crippen LogP contribution in [0, 0.1) is 0 Å². The molecular weight excluding hydrogens is 242 g/mol. The van der Waals surface area contributed by atoms with Gasteiger partial charge in [0.2, 0.25) is 0 Å². The van der Waals surface area contributed by atoms with Crippen molar-refractivity contribution in [3.8, 4) is 0 Å². The second-order valence-corrected chi connectivity index (χ2v) is 5.84. The van der Waals surface area contributed by atoms with Crippen molar-refractivity contribution in [3.05, 3.63) is 16.9 Å². The SMILES string of the molecule is CCNC(c1c(Cl)cnn1C)C1CCCS1. The minimum absolute atomic E-state index is 0.331. The minimum Gasteiger partial charge on any atom is -0.308 e. The number of thioether (sulfide) groups is 1. The number of rotatable bonds is 4. The summed E-state index contributed by atoms with van der Waals surface area (Å²) in [5.41, 5.74) is 1.13. The molecule has 0 spiro atoms. The van der Waals surface area contributed by atoms with Gasteiger partial charge < -0.3 is 5.32 Å². The van der Waals surface area contributed by atoms with E-state index in [1.54, 1.807) is 6.20 Å². The number of hydrogen-bond acceptors (Lipinski definition) is 3. The third-order valence-electron chi connectivity index (χ3n) is 2.99. The molecule has 0 radical (unpaired) electrons. The summed E-state index contributed by atoms with van der Waals surface area (Å²) in [7, 11) is 1.96. The van der Waals surface area contributed by atoms with Crippen LogP contribution in [0.3, 0.4) is 0 Å². The summed E-state index contributed by atoms with van der Waals surface area (Å²) >= 11 is 8.27. The molecule has 2 rings (SSSR count). The Morgan fingerprint density at radius 1 is 1.75 bits per heavy atom. The summed E-state index contributed by atoms with van der Waals surface area (Å²) in [5.74, 6) is 1.27. The van der Waals surface area contributed by atoms with Gasteiger partial charge in [0.25, 0.3) is 0 Å². The zero-order valence-electron chi connectivity index (χ0n) is 9.74. The van der Waals surface area contributed by atoms with Crippen LogP contribution in [0.5, 0.6) is 0 Å². The summed E-state index contributed by atoms with van der Waals surface area (Å²) in [6, 6.07) is 0.331. The Morgan fingerprint density at radius 3 is 3.06 bits per heavy atom. The van der Waals surface area contributed by atoms with Crippen LogP contribution in [0.4, 0.5) is 0 Å². The van der Waals surface area contributed by atoms with E-state index in [9.17, 15) is 0 Å². The lowest BCUT2D eigenvalue weighted by molar-refractivity contribution is 0.485. The monoisotopic (exact) mass is 259 g/mol. The van der Waals surface area contributed by atoms with E-state index in [1.165, 1.54) is 18.6 Å². The molecule has 0 aliphatic carbocycles. The van der Waals surface area contributed by atoms with Gasteiger partial charge in [-0.25, -0.2) is 0 Å². The lowest BCUT2D eigenvalue weighted by Gasteiger charge is -2.24. The molecule has 1 aliphatic heterocycles. The van der Waals surface area contributed by atoms with Crippen LogP contribution in [0.1, 0.15) is 31.5 Å². The van der Waals surface area contributed by atoms with Crippen LogP contribution in [0.15, 0.2) is 6.20 Å². The molecule has 0 saturated carbocycles. The Bertz CT molecular complexity index is 327. The maximum atomic E-state index is 6.22. The van der Waals surface area contributed by atoms with Crippen molar-refractivity contribution in [2.75, 3.05) is 12.3 Å². The third-order valence-corrected chi connectivity index (χ3v) is 4.74. The number of aryl methyl sites for hydroxylation is 1. The van der Waals surface area contributed by atoms with E-state index in [0.717, 1.165) is 17.3 Å². The molecule has 2 heterocycles. The first-order valence-electron chi connectivity index (χ1n) is 5.76. The average Bonchev–Trinajstić information content (AvgIpc) is 2.87. The summed E-state index contributed by atoms with van der Waals surface area (Å²) in [4.78, 5) is 0. The molecule has 1 N–H and O–H groups in total. The van der Waals surface area contributed by atoms with E-state index in [2.05, 4.69) is 17.3 Å². The fourth-order valence-corrected chi connectivity index (χ4v) is 3.93. The molecule has 1 aliphatic rings. The molecule has 0 amide bonds. The number of nitrogens with one attached hydrogen (secondary N) is 1. The molecule has 1 fully saturated rings. The van der Waals surface area contributed by atoms with E-state index >= 15 is 0 Å².